The predicted molar refractivity (Wildman–Crippen MR) is 157 cm³/mol. The van der Waals surface area contributed by atoms with E-state index in [1.165, 1.54) is 11.0 Å². The lowest BCUT2D eigenvalue weighted by atomic mass is 9.91. The van der Waals surface area contributed by atoms with Crippen molar-refractivity contribution in [3.8, 4) is 17.0 Å². The fourth-order valence-corrected chi connectivity index (χ4v) is 5.41. The number of carbonyl (C=O) groups is 2. The van der Waals surface area contributed by atoms with E-state index in [1.54, 1.807) is 43.3 Å². The molecule has 2 heterocycles. The number of benzene rings is 3. The van der Waals surface area contributed by atoms with Gasteiger partial charge in [-0.1, -0.05) is 65.3 Å². The van der Waals surface area contributed by atoms with Crippen molar-refractivity contribution in [2.24, 2.45) is 0 Å². The Labute approximate surface area is 250 Å². The van der Waals surface area contributed by atoms with E-state index in [9.17, 15) is 19.1 Å². The summed E-state index contributed by atoms with van der Waals surface area (Å²) in [5.74, 6) is -0.471. The predicted octanol–water partition coefficient (Wildman–Crippen LogP) is 5.16. The number of nitrogens with zero attached hydrogens (tertiary/aromatic N) is 2. The van der Waals surface area contributed by atoms with Gasteiger partial charge in [0, 0.05) is 21.6 Å². The molecule has 9 nitrogen and oxygen atoms in total. The zero-order chi connectivity index (χ0) is 30.0. The molecule has 3 amide bonds. The molecule has 1 aliphatic rings. The number of halogens is 2. The number of amides is 3. The number of hydrogen-bond donors (Lipinski definition) is 4. The van der Waals surface area contributed by atoms with Crippen LogP contribution in [0.5, 0.6) is 5.75 Å². The SMILES string of the molecule is Cc1[nH]c([C@H]([C@@H](C)c2ccccc2)N2C(=O)NC(c3ccc(OCC(O)CO)cc3)C2=O)nc1-c1ccc(Br)cc1F. The van der Waals surface area contributed by atoms with Gasteiger partial charge in [-0.2, -0.15) is 0 Å². The Morgan fingerprint density at radius 2 is 1.81 bits per heavy atom. The van der Waals surface area contributed by atoms with Gasteiger partial charge in [0.25, 0.3) is 5.91 Å². The first kappa shape index (κ1) is 29.4. The second-order valence-corrected chi connectivity index (χ2v) is 11.1. The maximum absolute atomic E-state index is 14.9. The molecule has 1 saturated heterocycles. The van der Waals surface area contributed by atoms with Crippen molar-refractivity contribution >= 4 is 27.9 Å². The number of carbonyl (C=O) groups excluding carboxylic acids is 2. The Hall–Kier alpha value is -4.06. The molecular weight excluding hydrogens is 607 g/mol. The molecule has 0 radical (unpaired) electrons. The van der Waals surface area contributed by atoms with Crippen molar-refractivity contribution in [3.05, 3.63) is 106 Å². The lowest BCUT2D eigenvalue weighted by Gasteiger charge is -2.29. The molecule has 1 fully saturated rings. The number of aryl methyl sites for hydroxylation is 1. The summed E-state index contributed by atoms with van der Waals surface area (Å²) in [5.41, 5.74) is 2.73. The van der Waals surface area contributed by atoms with Gasteiger partial charge in [-0.25, -0.2) is 14.2 Å². The lowest BCUT2D eigenvalue weighted by molar-refractivity contribution is -0.129. The van der Waals surface area contributed by atoms with Crippen LogP contribution in [0.1, 0.15) is 47.6 Å². The number of nitrogens with one attached hydrogen (secondary N) is 2. The molecule has 4 atom stereocenters. The smallest absolute Gasteiger partial charge is 0.325 e. The van der Waals surface area contributed by atoms with Crippen LogP contribution in [0.4, 0.5) is 9.18 Å². The van der Waals surface area contributed by atoms with Crippen molar-refractivity contribution in [3.63, 3.8) is 0 Å². The van der Waals surface area contributed by atoms with E-state index in [2.05, 4.69) is 26.2 Å². The fourth-order valence-electron chi connectivity index (χ4n) is 5.07. The summed E-state index contributed by atoms with van der Waals surface area (Å²) < 4.78 is 21.0. The number of urea groups is 1. The largest absolute Gasteiger partial charge is 0.491 e. The van der Waals surface area contributed by atoms with E-state index < -0.39 is 42.6 Å². The Bertz CT molecular complexity index is 1580. The molecule has 11 heteroatoms. The van der Waals surface area contributed by atoms with Gasteiger partial charge in [-0.05, 0) is 48.4 Å². The van der Waals surface area contributed by atoms with Gasteiger partial charge in [0.1, 0.15) is 42.2 Å². The summed E-state index contributed by atoms with van der Waals surface area (Å²) in [4.78, 5) is 36.5. The average molecular weight is 638 g/mol. The Kier molecular flexibility index (Phi) is 8.72. The summed E-state index contributed by atoms with van der Waals surface area (Å²) in [7, 11) is 0. The zero-order valence-electron chi connectivity index (χ0n) is 22.9. The first-order chi connectivity index (χ1) is 20.2. The van der Waals surface area contributed by atoms with E-state index in [4.69, 9.17) is 14.8 Å². The molecule has 2 unspecified atom stereocenters. The van der Waals surface area contributed by atoms with Gasteiger partial charge < -0.3 is 25.3 Å². The monoisotopic (exact) mass is 636 g/mol. The highest BCUT2D eigenvalue weighted by Gasteiger charge is 2.46. The number of rotatable bonds is 10. The Morgan fingerprint density at radius 3 is 2.48 bits per heavy atom. The van der Waals surface area contributed by atoms with Crippen LogP contribution in [0, 0.1) is 12.7 Å². The normalized spacial score (nSPS) is 17.2. The van der Waals surface area contributed by atoms with Gasteiger partial charge in [0.2, 0.25) is 0 Å². The standard InChI is InChI=1S/C31H30BrFN4O5/c1-17(19-6-4-3-5-7-19)28(29-34-18(2)26(35-29)24-13-10-21(32)14-25(24)33)37-30(40)27(36-31(37)41)20-8-11-23(12-9-20)42-16-22(39)15-38/h3-14,17,22,27-28,38-39H,15-16H2,1-2H3,(H,34,35)(H,36,41)/t17-,22?,27?,28-/m0/s1. The van der Waals surface area contributed by atoms with Crippen LogP contribution in [-0.2, 0) is 4.79 Å². The third kappa shape index (κ3) is 5.94. The van der Waals surface area contributed by atoms with Crippen LogP contribution in [-0.4, -0.2) is 56.3 Å². The summed E-state index contributed by atoms with van der Waals surface area (Å²) in [6.07, 6.45) is -1.01. The quantitative estimate of drug-likeness (QED) is 0.178. The highest BCUT2D eigenvalue weighted by Crippen LogP contribution is 2.40. The van der Waals surface area contributed by atoms with Gasteiger partial charge in [0.05, 0.1) is 12.3 Å². The van der Waals surface area contributed by atoms with Crippen molar-refractivity contribution < 1.29 is 28.9 Å². The molecule has 1 aromatic heterocycles. The molecule has 218 valence electrons. The number of aliphatic hydroxyl groups excluding tert-OH is 2. The number of aromatic amines is 1. The molecule has 1 aliphatic heterocycles. The molecule has 5 rings (SSSR count). The number of imide groups is 1. The fraction of sp³-hybridized carbons (Fsp3) is 0.258. The molecule has 0 aliphatic carbocycles. The van der Waals surface area contributed by atoms with Crippen molar-refractivity contribution in [1.29, 1.82) is 0 Å². The molecule has 4 N–H and O–H groups in total. The minimum atomic E-state index is -1.01. The number of imidazole rings is 1. The van der Waals surface area contributed by atoms with Crippen molar-refractivity contribution in [2.75, 3.05) is 13.2 Å². The van der Waals surface area contributed by atoms with E-state index in [1.807, 2.05) is 37.3 Å². The molecule has 0 bridgehead atoms. The highest BCUT2D eigenvalue weighted by atomic mass is 79.9. The maximum Gasteiger partial charge on any atom is 0.325 e. The second-order valence-electron chi connectivity index (χ2n) is 10.2. The molecule has 0 spiro atoms. The Morgan fingerprint density at radius 1 is 1.10 bits per heavy atom. The minimum Gasteiger partial charge on any atom is -0.491 e. The van der Waals surface area contributed by atoms with Gasteiger partial charge >= 0.3 is 6.03 Å². The molecule has 4 aromatic rings. The number of ether oxygens (including phenoxy) is 1. The molecule has 0 saturated carbocycles. The van der Waals surface area contributed by atoms with Crippen LogP contribution in [0.15, 0.2) is 77.3 Å². The number of H-pyrrole nitrogens is 1. The lowest BCUT2D eigenvalue weighted by Crippen LogP contribution is -2.38. The van der Waals surface area contributed by atoms with Crippen LogP contribution in [0.3, 0.4) is 0 Å². The third-order valence-corrected chi connectivity index (χ3v) is 7.78. The minimum absolute atomic E-state index is 0.0868. The maximum atomic E-state index is 14.9. The van der Waals surface area contributed by atoms with Crippen LogP contribution < -0.4 is 10.1 Å². The summed E-state index contributed by atoms with van der Waals surface area (Å²) in [6, 6.07) is 18.5. The van der Waals surface area contributed by atoms with E-state index >= 15 is 0 Å². The topological polar surface area (TPSA) is 128 Å². The van der Waals surface area contributed by atoms with Gasteiger partial charge in [-0.3, -0.25) is 9.69 Å². The molecular formula is C31H30BrFN4O5. The second kappa shape index (κ2) is 12.4. The highest BCUT2D eigenvalue weighted by molar-refractivity contribution is 9.10. The van der Waals surface area contributed by atoms with E-state index in [-0.39, 0.29) is 12.5 Å². The van der Waals surface area contributed by atoms with E-state index in [0.29, 0.717) is 38.6 Å². The zero-order valence-corrected chi connectivity index (χ0v) is 24.5. The third-order valence-electron chi connectivity index (χ3n) is 7.28. The van der Waals surface area contributed by atoms with Crippen molar-refractivity contribution in [1.82, 2.24) is 20.2 Å². The van der Waals surface area contributed by atoms with Gasteiger partial charge in [-0.15, -0.1) is 0 Å². The summed E-state index contributed by atoms with van der Waals surface area (Å²) in [5, 5.41) is 21.3. The van der Waals surface area contributed by atoms with Crippen molar-refractivity contribution in [2.45, 2.75) is 38.0 Å². The Balaban J connectivity index is 1.49. The first-order valence-corrected chi connectivity index (χ1v) is 14.2. The average Bonchev–Trinajstić information content (AvgIpc) is 3.51. The molecule has 3 aromatic carbocycles. The van der Waals surface area contributed by atoms with Gasteiger partial charge in [0.15, 0.2) is 0 Å². The van der Waals surface area contributed by atoms with Crippen LogP contribution >= 0.6 is 15.9 Å². The van der Waals surface area contributed by atoms with Crippen LogP contribution in [0.2, 0.25) is 0 Å². The first-order valence-electron chi connectivity index (χ1n) is 13.4. The summed E-state index contributed by atoms with van der Waals surface area (Å²) in [6.45, 7) is 3.18. The number of hydrogen-bond acceptors (Lipinski definition) is 6. The summed E-state index contributed by atoms with van der Waals surface area (Å²) >= 11 is 3.28. The number of aliphatic hydroxyl groups is 2. The van der Waals surface area contributed by atoms with E-state index in [0.717, 1.165) is 5.56 Å². The number of aromatic nitrogens is 2. The van der Waals surface area contributed by atoms with Crippen LogP contribution in [0.25, 0.3) is 11.3 Å². The molecule has 42 heavy (non-hydrogen) atoms.